The highest BCUT2D eigenvalue weighted by molar-refractivity contribution is 5.94. The second kappa shape index (κ2) is 6.80. The molecule has 19 heavy (non-hydrogen) atoms. The Kier molecular flexibility index (Phi) is 4.80. The fourth-order valence-corrected chi connectivity index (χ4v) is 2.44. The first-order valence-corrected chi connectivity index (χ1v) is 6.96. The number of nitrogens with zero attached hydrogens (tertiary/aromatic N) is 2. The van der Waals surface area contributed by atoms with Gasteiger partial charge in [-0.3, -0.25) is 0 Å². The number of rotatable bonds is 6. The lowest BCUT2D eigenvalue weighted by Crippen LogP contribution is -2.24. The van der Waals surface area contributed by atoms with Gasteiger partial charge in [-0.2, -0.15) is 5.26 Å². The zero-order valence-corrected chi connectivity index (χ0v) is 11.5. The van der Waals surface area contributed by atoms with Crippen molar-refractivity contribution in [2.24, 2.45) is 0 Å². The van der Waals surface area contributed by atoms with E-state index in [0.29, 0.717) is 6.42 Å². The molecule has 2 rings (SSSR count). The highest BCUT2D eigenvalue weighted by Crippen LogP contribution is 2.26. The van der Waals surface area contributed by atoms with E-state index in [9.17, 15) is 0 Å². The number of anilines is 1. The molecule has 0 aliphatic heterocycles. The first kappa shape index (κ1) is 13.4. The predicted molar refractivity (Wildman–Crippen MR) is 81.3 cm³/mol. The molecular formula is C17H20N2. The smallest absolute Gasteiger partial charge is 0.0621 e. The number of benzene rings is 2. The SMILES string of the molecule is CCN(CCCCC#N)c1cccc2ccccc12. The zero-order chi connectivity index (χ0) is 13.5. The summed E-state index contributed by atoms with van der Waals surface area (Å²) in [5.41, 5.74) is 1.30. The van der Waals surface area contributed by atoms with Gasteiger partial charge < -0.3 is 4.90 Å². The molecule has 0 radical (unpaired) electrons. The number of fused-ring (bicyclic) bond motifs is 1. The molecule has 0 N–H and O–H groups in total. The van der Waals surface area contributed by atoms with Gasteiger partial charge in [-0.25, -0.2) is 0 Å². The van der Waals surface area contributed by atoms with Gasteiger partial charge in [0.1, 0.15) is 0 Å². The van der Waals surface area contributed by atoms with Crippen molar-refractivity contribution in [2.45, 2.75) is 26.2 Å². The van der Waals surface area contributed by atoms with E-state index in [0.717, 1.165) is 25.9 Å². The normalized spacial score (nSPS) is 10.3. The van der Waals surface area contributed by atoms with E-state index in [4.69, 9.17) is 5.26 Å². The Balaban J connectivity index is 2.18. The van der Waals surface area contributed by atoms with Crippen molar-refractivity contribution in [1.29, 1.82) is 5.26 Å². The fraction of sp³-hybridized carbons (Fsp3) is 0.353. The fourth-order valence-electron chi connectivity index (χ4n) is 2.44. The standard InChI is InChI=1S/C17H20N2/c1-2-19(14-7-3-6-13-18)17-12-8-10-15-9-4-5-11-16(15)17/h4-5,8-12H,2-3,6-7,14H2,1H3. The molecule has 0 aromatic heterocycles. The summed E-state index contributed by atoms with van der Waals surface area (Å²) in [6.07, 6.45) is 2.72. The van der Waals surface area contributed by atoms with Crippen molar-refractivity contribution < 1.29 is 0 Å². The van der Waals surface area contributed by atoms with Gasteiger partial charge in [0.15, 0.2) is 0 Å². The third-order valence-electron chi connectivity index (χ3n) is 3.46. The monoisotopic (exact) mass is 252 g/mol. The van der Waals surface area contributed by atoms with E-state index in [2.05, 4.69) is 60.4 Å². The Bertz CT molecular complexity index is 563. The summed E-state index contributed by atoms with van der Waals surface area (Å²) in [5, 5.41) is 11.2. The molecule has 2 heteroatoms. The van der Waals surface area contributed by atoms with Crippen LogP contribution in [0.2, 0.25) is 0 Å². The van der Waals surface area contributed by atoms with Gasteiger partial charge in [0, 0.05) is 30.6 Å². The lowest BCUT2D eigenvalue weighted by molar-refractivity contribution is 0.709. The first-order chi connectivity index (χ1) is 9.36. The van der Waals surface area contributed by atoms with Gasteiger partial charge in [0.05, 0.1) is 6.07 Å². The van der Waals surface area contributed by atoms with Gasteiger partial charge in [-0.05, 0) is 31.2 Å². The molecule has 0 heterocycles. The molecule has 0 saturated heterocycles. The lowest BCUT2D eigenvalue weighted by Gasteiger charge is -2.24. The number of unbranched alkanes of at least 4 members (excludes halogenated alkanes) is 2. The van der Waals surface area contributed by atoms with Crippen LogP contribution in [-0.4, -0.2) is 13.1 Å². The van der Waals surface area contributed by atoms with Crippen LogP contribution in [-0.2, 0) is 0 Å². The molecule has 0 amide bonds. The highest BCUT2D eigenvalue weighted by atomic mass is 15.1. The molecule has 0 atom stereocenters. The van der Waals surface area contributed by atoms with Crippen LogP contribution in [0.4, 0.5) is 5.69 Å². The zero-order valence-electron chi connectivity index (χ0n) is 11.5. The molecule has 0 bridgehead atoms. The first-order valence-electron chi connectivity index (χ1n) is 6.96. The molecule has 2 aromatic carbocycles. The average Bonchev–Trinajstić information content (AvgIpc) is 2.47. The van der Waals surface area contributed by atoms with Gasteiger partial charge in [-0.1, -0.05) is 36.4 Å². The molecular weight excluding hydrogens is 232 g/mol. The number of hydrogen-bond acceptors (Lipinski definition) is 2. The van der Waals surface area contributed by atoms with Crippen LogP contribution in [0.25, 0.3) is 10.8 Å². The second-order valence-corrected chi connectivity index (χ2v) is 4.69. The van der Waals surface area contributed by atoms with Crippen molar-refractivity contribution in [3.63, 3.8) is 0 Å². The van der Waals surface area contributed by atoms with E-state index in [-0.39, 0.29) is 0 Å². The summed E-state index contributed by atoms with van der Waals surface area (Å²) in [6, 6.07) is 17.2. The summed E-state index contributed by atoms with van der Waals surface area (Å²) >= 11 is 0. The summed E-state index contributed by atoms with van der Waals surface area (Å²) in [6.45, 7) is 4.21. The average molecular weight is 252 g/mol. The lowest BCUT2D eigenvalue weighted by atomic mass is 10.1. The van der Waals surface area contributed by atoms with E-state index in [1.165, 1.54) is 16.5 Å². The van der Waals surface area contributed by atoms with E-state index >= 15 is 0 Å². The topological polar surface area (TPSA) is 27.0 Å². The maximum atomic E-state index is 8.58. The molecule has 0 unspecified atom stereocenters. The minimum absolute atomic E-state index is 0.660. The Labute approximate surface area is 115 Å². The van der Waals surface area contributed by atoms with Gasteiger partial charge in [-0.15, -0.1) is 0 Å². The maximum absolute atomic E-state index is 8.58. The largest absolute Gasteiger partial charge is 0.371 e. The maximum Gasteiger partial charge on any atom is 0.0621 e. The minimum Gasteiger partial charge on any atom is -0.371 e. The Morgan fingerprint density at radius 3 is 2.63 bits per heavy atom. The Hall–Kier alpha value is -2.01. The molecule has 2 nitrogen and oxygen atoms in total. The summed E-state index contributed by atoms with van der Waals surface area (Å²) in [4.78, 5) is 2.40. The summed E-state index contributed by atoms with van der Waals surface area (Å²) in [5.74, 6) is 0. The van der Waals surface area contributed by atoms with Crippen LogP contribution in [0.3, 0.4) is 0 Å². The van der Waals surface area contributed by atoms with E-state index < -0.39 is 0 Å². The van der Waals surface area contributed by atoms with Crippen LogP contribution < -0.4 is 4.90 Å². The van der Waals surface area contributed by atoms with Crippen LogP contribution in [0.1, 0.15) is 26.2 Å². The van der Waals surface area contributed by atoms with Crippen molar-refractivity contribution in [3.8, 4) is 6.07 Å². The quantitative estimate of drug-likeness (QED) is 0.714. The van der Waals surface area contributed by atoms with Crippen LogP contribution in [0.15, 0.2) is 42.5 Å². The second-order valence-electron chi connectivity index (χ2n) is 4.69. The summed E-state index contributed by atoms with van der Waals surface area (Å²) in [7, 11) is 0. The molecule has 0 saturated carbocycles. The molecule has 98 valence electrons. The van der Waals surface area contributed by atoms with Gasteiger partial charge in [0.2, 0.25) is 0 Å². The molecule has 0 aliphatic rings. The number of nitriles is 1. The third kappa shape index (κ3) is 3.26. The van der Waals surface area contributed by atoms with Crippen LogP contribution in [0.5, 0.6) is 0 Å². The van der Waals surface area contributed by atoms with Crippen molar-refractivity contribution in [2.75, 3.05) is 18.0 Å². The molecule has 2 aromatic rings. The van der Waals surface area contributed by atoms with Crippen molar-refractivity contribution in [3.05, 3.63) is 42.5 Å². The summed E-state index contributed by atoms with van der Waals surface area (Å²) < 4.78 is 0. The molecule has 0 aliphatic carbocycles. The Morgan fingerprint density at radius 1 is 1.05 bits per heavy atom. The highest BCUT2D eigenvalue weighted by Gasteiger charge is 2.07. The van der Waals surface area contributed by atoms with E-state index in [1.807, 2.05) is 0 Å². The van der Waals surface area contributed by atoms with E-state index in [1.54, 1.807) is 0 Å². The molecule has 0 fully saturated rings. The van der Waals surface area contributed by atoms with Crippen LogP contribution >= 0.6 is 0 Å². The van der Waals surface area contributed by atoms with Crippen molar-refractivity contribution >= 4 is 16.5 Å². The molecule has 0 spiro atoms. The van der Waals surface area contributed by atoms with Crippen LogP contribution in [0, 0.1) is 11.3 Å². The number of hydrogen-bond donors (Lipinski definition) is 0. The van der Waals surface area contributed by atoms with Gasteiger partial charge in [0.25, 0.3) is 0 Å². The van der Waals surface area contributed by atoms with Gasteiger partial charge >= 0.3 is 0 Å². The van der Waals surface area contributed by atoms with Crippen molar-refractivity contribution in [1.82, 2.24) is 0 Å². The minimum atomic E-state index is 0.660. The Morgan fingerprint density at radius 2 is 1.84 bits per heavy atom. The third-order valence-corrected chi connectivity index (χ3v) is 3.46. The predicted octanol–water partition coefficient (Wildman–Crippen LogP) is 4.36.